The van der Waals surface area contributed by atoms with Gasteiger partial charge in [0.25, 0.3) is 0 Å². The average Bonchev–Trinajstić information content (AvgIpc) is 2.24. The second-order valence-corrected chi connectivity index (χ2v) is 5.06. The standard InChI is InChI=1S/C12H21NO2/c1-4-11(14)13-6-9-5-10(7-13)12(9)15-8(2)3/h8-10,12H,4-7H2,1-3H3. The van der Waals surface area contributed by atoms with Crippen LogP contribution in [0.3, 0.4) is 0 Å². The molecule has 86 valence electrons. The number of carbonyl (C=O) groups is 1. The molecule has 15 heavy (non-hydrogen) atoms. The molecule has 0 aromatic heterocycles. The molecule has 3 nitrogen and oxygen atoms in total. The summed E-state index contributed by atoms with van der Waals surface area (Å²) in [6.07, 6.45) is 2.62. The Morgan fingerprint density at radius 2 is 2.00 bits per heavy atom. The second-order valence-electron chi connectivity index (χ2n) is 5.06. The first-order valence-corrected chi connectivity index (χ1v) is 6.05. The first-order chi connectivity index (χ1) is 7.11. The van der Waals surface area contributed by atoms with E-state index in [9.17, 15) is 4.79 Å². The van der Waals surface area contributed by atoms with E-state index in [-0.39, 0.29) is 0 Å². The van der Waals surface area contributed by atoms with Crippen molar-refractivity contribution in [2.75, 3.05) is 13.1 Å². The van der Waals surface area contributed by atoms with Crippen molar-refractivity contribution in [1.29, 1.82) is 0 Å². The maximum Gasteiger partial charge on any atom is 0.222 e. The van der Waals surface area contributed by atoms with Gasteiger partial charge in [-0.25, -0.2) is 0 Å². The molecule has 2 unspecified atom stereocenters. The van der Waals surface area contributed by atoms with Crippen LogP contribution in [-0.2, 0) is 9.53 Å². The summed E-state index contributed by atoms with van der Waals surface area (Å²) in [5.74, 6) is 1.50. The Kier molecular flexibility index (Phi) is 3.01. The lowest BCUT2D eigenvalue weighted by Gasteiger charge is -2.53. The Balaban J connectivity index is 1.88. The van der Waals surface area contributed by atoms with Crippen molar-refractivity contribution in [1.82, 2.24) is 4.90 Å². The summed E-state index contributed by atoms with van der Waals surface area (Å²) in [5, 5.41) is 0. The minimum absolute atomic E-state index is 0.299. The summed E-state index contributed by atoms with van der Waals surface area (Å²) in [7, 11) is 0. The van der Waals surface area contributed by atoms with E-state index < -0.39 is 0 Å². The lowest BCUT2D eigenvalue weighted by molar-refractivity contribution is -0.171. The molecule has 3 rings (SSSR count). The van der Waals surface area contributed by atoms with Crippen LogP contribution in [-0.4, -0.2) is 36.1 Å². The number of hydrogen-bond acceptors (Lipinski definition) is 2. The maximum atomic E-state index is 11.5. The monoisotopic (exact) mass is 211 g/mol. The van der Waals surface area contributed by atoms with E-state index in [1.165, 1.54) is 6.42 Å². The number of carbonyl (C=O) groups excluding carboxylic acids is 1. The second kappa shape index (κ2) is 4.12. The van der Waals surface area contributed by atoms with Crippen molar-refractivity contribution in [3.8, 4) is 0 Å². The SMILES string of the molecule is CCC(=O)N1CC2CC(C1)C2OC(C)C. The normalized spacial score (nSPS) is 34.1. The predicted octanol–water partition coefficient (Wildman–Crippen LogP) is 1.67. The van der Waals surface area contributed by atoms with E-state index in [0.29, 0.717) is 36.4 Å². The van der Waals surface area contributed by atoms with Crippen molar-refractivity contribution in [2.24, 2.45) is 11.8 Å². The van der Waals surface area contributed by atoms with Crippen LogP contribution >= 0.6 is 0 Å². The molecule has 3 heteroatoms. The van der Waals surface area contributed by atoms with Crippen LogP contribution < -0.4 is 0 Å². The van der Waals surface area contributed by atoms with Gasteiger partial charge in [-0.15, -0.1) is 0 Å². The molecule has 0 aromatic rings. The molecule has 2 aliphatic heterocycles. The summed E-state index contributed by atoms with van der Waals surface area (Å²) in [4.78, 5) is 13.6. The van der Waals surface area contributed by atoms with E-state index in [0.717, 1.165) is 13.1 Å². The molecule has 1 aliphatic carbocycles. The quantitative estimate of drug-likeness (QED) is 0.710. The van der Waals surface area contributed by atoms with Crippen LogP contribution in [0.25, 0.3) is 0 Å². The minimum Gasteiger partial charge on any atom is -0.375 e. The van der Waals surface area contributed by atoms with Gasteiger partial charge in [0.15, 0.2) is 0 Å². The molecule has 0 N–H and O–H groups in total. The van der Waals surface area contributed by atoms with E-state index in [1.54, 1.807) is 0 Å². The van der Waals surface area contributed by atoms with Crippen molar-refractivity contribution in [3.63, 3.8) is 0 Å². The van der Waals surface area contributed by atoms with Crippen LogP contribution in [0.2, 0.25) is 0 Å². The number of amides is 1. The minimum atomic E-state index is 0.299. The number of fused-ring (bicyclic) bond motifs is 2. The number of ether oxygens (including phenoxy) is 1. The molecule has 2 atom stereocenters. The van der Waals surface area contributed by atoms with Crippen LogP contribution in [0.5, 0.6) is 0 Å². The van der Waals surface area contributed by atoms with Gasteiger partial charge in [0.2, 0.25) is 5.91 Å². The fourth-order valence-electron chi connectivity index (χ4n) is 2.81. The van der Waals surface area contributed by atoms with Gasteiger partial charge in [0.1, 0.15) is 0 Å². The first-order valence-electron chi connectivity index (χ1n) is 6.05. The molecule has 0 radical (unpaired) electrons. The Morgan fingerprint density at radius 1 is 1.40 bits per heavy atom. The topological polar surface area (TPSA) is 29.5 Å². The molecule has 3 fully saturated rings. The van der Waals surface area contributed by atoms with Gasteiger partial charge in [-0.05, 0) is 20.3 Å². The van der Waals surface area contributed by atoms with Gasteiger partial charge in [-0.1, -0.05) is 6.92 Å². The first kappa shape index (κ1) is 10.9. The van der Waals surface area contributed by atoms with E-state index >= 15 is 0 Å². The molecule has 0 aromatic carbocycles. The zero-order valence-electron chi connectivity index (χ0n) is 9.90. The highest BCUT2D eigenvalue weighted by Crippen LogP contribution is 2.42. The molecule has 3 aliphatic rings. The molecule has 1 amide bonds. The van der Waals surface area contributed by atoms with Crippen LogP contribution in [0.1, 0.15) is 33.6 Å². The number of nitrogens with zero attached hydrogens (tertiary/aromatic N) is 1. The molecule has 1 saturated carbocycles. The van der Waals surface area contributed by atoms with E-state index in [2.05, 4.69) is 13.8 Å². The van der Waals surface area contributed by atoms with Crippen LogP contribution in [0, 0.1) is 11.8 Å². The van der Waals surface area contributed by atoms with E-state index in [4.69, 9.17) is 4.74 Å². The van der Waals surface area contributed by atoms with E-state index in [1.807, 2.05) is 11.8 Å². The highest BCUT2D eigenvalue weighted by Gasteiger charge is 2.48. The molecular formula is C12H21NO2. The fourth-order valence-corrected chi connectivity index (χ4v) is 2.81. The summed E-state index contributed by atoms with van der Waals surface area (Å²) in [6, 6.07) is 0. The third-order valence-electron chi connectivity index (χ3n) is 3.53. The lowest BCUT2D eigenvalue weighted by atomic mass is 9.68. The van der Waals surface area contributed by atoms with Gasteiger partial charge in [-0.2, -0.15) is 0 Å². The smallest absolute Gasteiger partial charge is 0.222 e. The fraction of sp³-hybridized carbons (Fsp3) is 0.917. The highest BCUT2D eigenvalue weighted by atomic mass is 16.5. The van der Waals surface area contributed by atoms with Crippen molar-refractivity contribution in [3.05, 3.63) is 0 Å². The summed E-state index contributed by atoms with van der Waals surface area (Å²) < 4.78 is 5.88. The summed E-state index contributed by atoms with van der Waals surface area (Å²) in [6.45, 7) is 7.94. The zero-order chi connectivity index (χ0) is 11.0. The van der Waals surface area contributed by atoms with Gasteiger partial charge >= 0.3 is 0 Å². The molecule has 0 spiro atoms. The van der Waals surface area contributed by atoms with Gasteiger partial charge in [0.05, 0.1) is 12.2 Å². The summed E-state index contributed by atoms with van der Waals surface area (Å²) in [5.41, 5.74) is 0. The molecule has 2 heterocycles. The van der Waals surface area contributed by atoms with Crippen molar-refractivity contribution >= 4 is 5.91 Å². The van der Waals surface area contributed by atoms with Gasteiger partial charge < -0.3 is 9.64 Å². The highest BCUT2D eigenvalue weighted by molar-refractivity contribution is 5.76. The lowest BCUT2D eigenvalue weighted by Crippen LogP contribution is -2.60. The Morgan fingerprint density at radius 3 is 2.47 bits per heavy atom. The van der Waals surface area contributed by atoms with Gasteiger partial charge in [-0.3, -0.25) is 4.79 Å². The Labute approximate surface area is 91.8 Å². The third kappa shape index (κ3) is 2.03. The van der Waals surface area contributed by atoms with Crippen molar-refractivity contribution in [2.45, 2.75) is 45.8 Å². The summed E-state index contributed by atoms with van der Waals surface area (Å²) >= 11 is 0. The van der Waals surface area contributed by atoms with Crippen LogP contribution in [0.4, 0.5) is 0 Å². The predicted molar refractivity (Wildman–Crippen MR) is 58.5 cm³/mol. The van der Waals surface area contributed by atoms with Crippen LogP contribution in [0.15, 0.2) is 0 Å². The maximum absolute atomic E-state index is 11.5. The average molecular weight is 211 g/mol. The molecule has 2 bridgehead atoms. The number of rotatable bonds is 3. The van der Waals surface area contributed by atoms with Crippen molar-refractivity contribution < 1.29 is 9.53 Å². The Bertz CT molecular complexity index is 240. The number of hydrogen-bond donors (Lipinski definition) is 0. The number of piperidine rings is 2. The largest absolute Gasteiger partial charge is 0.375 e. The third-order valence-corrected chi connectivity index (χ3v) is 3.53. The van der Waals surface area contributed by atoms with Gasteiger partial charge in [0, 0.05) is 31.3 Å². The Hall–Kier alpha value is -0.570. The molecule has 2 saturated heterocycles. The molecular weight excluding hydrogens is 190 g/mol. The zero-order valence-corrected chi connectivity index (χ0v) is 9.90.